The second-order valence-corrected chi connectivity index (χ2v) is 6.61. The molecule has 0 amide bonds. The summed E-state index contributed by atoms with van der Waals surface area (Å²) in [6.45, 7) is 10.0. The fourth-order valence-corrected chi connectivity index (χ4v) is 2.96. The highest BCUT2D eigenvalue weighted by Gasteiger charge is 2.01. The van der Waals surface area contributed by atoms with Gasteiger partial charge in [0.2, 0.25) is 0 Å². The van der Waals surface area contributed by atoms with Crippen molar-refractivity contribution in [1.82, 2.24) is 5.32 Å². The van der Waals surface area contributed by atoms with Crippen molar-refractivity contribution in [3.8, 4) is 0 Å². The van der Waals surface area contributed by atoms with E-state index >= 15 is 0 Å². The topological polar surface area (TPSA) is 12.0 Å². The molecule has 0 saturated carbocycles. The first-order valence-corrected chi connectivity index (χ1v) is 8.55. The zero-order chi connectivity index (χ0) is 14.1. The fourth-order valence-electron chi connectivity index (χ4n) is 2.08. The van der Waals surface area contributed by atoms with Gasteiger partial charge in [-0.2, -0.15) is 0 Å². The normalized spacial score (nSPS) is 12.6. The van der Waals surface area contributed by atoms with Crippen LogP contribution < -0.4 is 5.32 Å². The third-order valence-corrected chi connectivity index (χ3v) is 4.58. The molecule has 0 radical (unpaired) electrons. The van der Waals surface area contributed by atoms with E-state index in [1.807, 2.05) is 11.8 Å². The van der Waals surface area contributed by atoms with Gasteiger partial charge < -0.3 is 5.32 Å². The van der Waals surface area contributed by atoms with Gasteiger partial charge in [-0.25, -0.2) is 0 Å². The lowest BCUT2D eigenvalue weighted by Crippen LogP contribution is -2.28. The molecule has 19 heavy (non-hydrogen) atoms. The van der Waals surface area contributed by atoms with Crippen molar-refractivity contribution in [3.63, 3.8) is 0 Å². The Balaban J connectivity index is 2.14. The summed E-state index contributed by atoms with van der Waals surface area (Å²) in [5.74, 6) is 1.15. The van der Waals surface area contributed by atoms with E-state index in [-0.39, 0.29) is 0 Å². The fraction of sp³-hybridized carbons (Fsp3) is 0.647. The van der Waals surface area contributed by atoms with Gasteiger partial charge in [-0.05, 0) is 50.5 Å². The van der Waals surface area contributed by atoms with Gasteiger partial charge in [-0.3, -0.25) is 0 Å². The molecule has 0 aromatic heterocycles. The van der Waals surface area contributed by atoms with Crippen LogP contribution >= 0.6 is 11.8 Å². The molecule has 0 aliphatic rings. The van der Waals surface area contributed by atoms with Crippen LogP contribution in [-0.2, 0) is 0 Å². The number of thioether (sulfide) groups is 1. The first kappa shape index (κ1) is 16.6. The molecule has 0 aliphatic heterocycles. The highest BCUT2D eigenvalue weighted by molar-refractivity contribution is 7.99. The Bertz CT molecular complexity index is 362. The van der Waals surface area contributed by atoms with Gasteiger partial charge in [-0.15, -0.1) is 11.8 Å². The summed E-state index contributed by atoms with van der Waals surface area (Å²) in [5.41, 5.74) is 2.78. The maximum absolute atomic E-state index is 3.62. The molecule has 0 saturated heterocycles. The minimum absolute atomic E-state index is 0.659. The molecule has 1 rings (SSSR count). The third kappa shape index (κ3) is 7.03. The van der Waals surface area contributed by atoms with Crippen LogP contribution in [0.15, 0.2) is 23.1 Å². The van der Waals surface area contributed by atoms with Crippen LogP contribution in [-0.4, -0.2) is 18.3 Å². The minimum atomic E-state index is 0.659. The summed E-state index contributed by atoms with van der Waals surface area (Å²) in [6, 6.07) is 7.41. The second-order valence-electron chi connectivity index (χ2n) is 5.45. The van der Waals surface area contributed by atoms with Crippen LogP contribution in [0.4, 0.5) is 0 Å². The molecule has 1 N–H and O–H groups in total. The number of hydrogen-bond donors (Lipinski definition) is 1. The summed E-state index contributed by atoms with van der Waals surface area (Å²) < 4.78 is 0. The van der Waals surface area contributed by atoms with Gasteiger partial charge in [0.05, 0.1) is 0 Å². The Labute approximate surface area is 123 Å². The summed E-state index contributed by atoms with van der Waals surface area (Å²) in [4.78, 5) is 1.39. The number of benzene rings is 1. The number of aryl methyl sites for hydroxylation is 2. The lowest BCUT2D eigenvalue weighted by molar-refractivity contribution is 0.502. The van der Waals surface area contributed by atoms with Gasteiger partial charge in [0.25, 0.3) is 0 Å². The van der Waals surface area contributed by atoms with E-state index in [0.717, 1.165) is 12.3 Å². The molecule has 1 unspecified atom stereocenters. The predicted octanol–water partition coefficient (Wildman–Crippen LogP) is 4.95. The summed E-state index contributed by atoms with van der Waals surface area (Å²) >= 11 is 1.95. The smallest absolute Gasteiger partial charge is 0.0106 e. The quantitative estimate of drug-likeness (QED) is 0.507. The van der Waals surface area contributed by atoms with Crippen LogP contribution in [0.5, 0.6) is 0 Å². The van der Waals surface area contributed by atoms with Crippen molar-refractivity contribution >= 4 is 11.8 Å². The zero-order valence-electron chi connectivity index (χ0n) is 13.0. The van der Waals surface area contributed by atoms with Gasteiger partial charge in [0.15, 0.2) is 0 Å². The lowest BCUT2D eigenvalue weighted by Gasteiger charge is -2.13. The highest BCUT2D eigenvalue weighted by atomic mass is 32.2. The summed E-state index contributed by atoms with van der Waals surface area (Å²) in [6.07, 6.45) is 5.34. The molecule has 0 heterocycles. The van der Waals surface area contributed by atoms with E-state index in [4.69, 9.17) is 0 Å². The molecule has 0 fully saturated rings. The van der Waals surface area contributed by atoms with Crippen molar-refractivity contribution in [2.45, 2.75) is 64.3 Å². The van der Waals surface area contributed by atoms with Crippen molar-refractivity contribution in [3.05, 3.63) is 29.3 Å². The van der Waals surface area contributed by atoms with E-state index in [1.165, 1.54) is 41.7 Å². The van der Waals surface area contributed by atoms with Gasteiger partial charge in [0.1, 0.15) is 0 Å². The lowest BCUT2D eigenvalue weighted by atomic mass is 10.1. The Morgan fingerprint density at radius 1 is 1.16 bits per heavy atom. The number of rotatable bonds is 9. The van der Waals surface area contributed by atoms with Crippen molar-refractivity contribution in [2.75, 3.05) is 12.3 Å². The SMILES string of the molecule is CCCCCC(C)NCCSc1ccc(C)c(C)c1. The van der Waals surface area contributed by atoms with Crippen LogP contribution in [0.3, 0.4) is 0 Å². The maximum Gasteiger partial charge on any atom is 0.0106 e. The standard InChI is InChI=1S/C17H29NS/c1-5-6-7-8-16(4)18-11-12-19-17-10-9-14(2)15(3)13-17/h9-10,13,16,18H,5-8,11-12H2,1-4H3. The Kier molecular flexibility index (Phi) is 8.24. The van der Waals surface area contributed by atoms with Gasteiger partial charge in [0, 0.05) is 23.2 Å². The van der Waals surface area contributed by atoms with E-state index in [9.17, 15) is 0 Å². The number of nitrogens with one attached hydrogen (secondary N) is 1. The molecule has 1 nitrogen and oxygen atoms in total. The molecular formula is C17H29NS. The zero-order valence-corrected chi connectivity index (χ0v) is 13.8. The summed E-state index contributed by atoms with van der Waals surface area (Å²) in [7, 11) is 0. The number of unbranched alkanes of at least 4 members (excludes halogenated alkanes) is 2. The monoisotopic (exact) mass is 279 g/mol. The van der Waals surface area contributed by atoms with E-state index < -0.39 is 0 Å². The predicted molar refractivity (Wildman–Crippen MR) is 88.2 cm³/mol. The van der Waals surface area contributed by atoms with Crippen molar-refractivity contribution in [1.29, 1.82) is 0 Å². The Hall–Kier alpha value is -0.470. The maximum atomic E-state index is 3.62. The summed E-state index contributed by atoms with van der Waals surface area (Å²) in [5, 5.41) is 3.62. The Morgan fingerprint density at radius 2 is 1.95 bits per heavy atom. The molecule has 0 aliphatic carbocycles. The van der Waals surface area contributed by atoms with Gasteiger partial charge >= 0.3 is 0 Å². The molecule has 1 aromatic rings. The number of hydrogen-bond acceptors (Lipinski definition) is 2. The van der Waals surface area contributed by atoms with E-state index in [0.29, 0.717) is 6.04 Å². The van der Waals surface area contributed by atoms with E-state index in [1.54, 1.807) is 0 Å². The molecule has 1 atom stereocenters. The van der Waals surface area contributed by atoms with Gasteiger partial charge in [-0.1, -0.05) is 32.3 Å². The third-order valence-electron chi connectivity index (χ3n) is 3.58. The first-order chi connectivity index (χ1) is 9.13. The molecular weight excluding hydrogens is 250 g/mol. The molecule has 2 heteroatoms. The van der Waals surface area contributed by atoms with Crippen molar-refractivity contribution in [2.24, 2.45) is 0 Å². The molecule has 0 bridgehead atoms. The first-order valence-electron chi connectivity index (χ1n) is 7.57. The average molecular weight is 279 g/mol. The largest absolute Gasteiger partial charge is 0.313 e. The molecule has 108 valence electrons. The van der Waals surface area contributed by atoms with Crippen LogP contribution in [0.25, 0.3) is 0 Å². The molecule has 1 aromatic carbocycles. The van der Waals surface area contributed by atoms with Crippen LogP contribution in [0, 0.1) is 13.8 Å². The minimum Gasteiger partial charge on any atom is -0.313 e. The Morgan fingerprint density at radius 3 is 2.63 bits per heavy atom. The van der Waals surface area contributed by atoms with Crippen LogP contribution in [0.2, 0.25) is 0 Å². The average Bonchev–Trinajstić information content (AvgIpc) is 2.39. The molecule has 0 spiro atoms. The second kappa shape index (κ2) is 9.44. The van der Waals surface area contributed by atoms with Crippen molar-refractivity contribution < 1.29 is 0 Å². The van der Waals surface area contributed by atoms with E-state index in [2.05, 4.69) is 51.2 Å². The highest BCUT2D eigenvalue weighted by Crippen LogP contribution is 2.20. The van der Waals surface area contributed by atoms with Crippen LogP contribution in [0.1, 0.15) is 50.7 Å².